The van der Waals surface area contributed by atoms with E-state index in [9.17, 15) is 14.4 Å². The highest BCUT2D eigenvalue weighted by Crippen LogP contribution is 2.24. The summed E-state index contributed by atoms with van der Waals surface area (Å²) in [5.74, 6) is -0.360. The maximum absolute atomic E-state index is 13.2. The second-order valence-corrected chi connectivity index (χ2v) is 8.37. The minimum Gasteiger partial charge on any atom is -0.383 e. The van der Waals surface area contributed by atoms with Crippen molar-refractivity contribution in [3.63, 3.8) is 0 Å². The van der Waals surface area contributed by atoms with Crippen molar-refractivity contribution in [2.75, 3.05) is 23.7 Å². The zero-order chi connectivity index (χ0) is 24.9. The summed E-state index contributed by atoms with van der Waals surface area (Å²) in [6.07, 6.45) is 0. The van der Waals surface area contributed by atoms with E-state index in [-0.39, 0.29) is 43.1 Å². The van der Waals surface area contributed by atoms with Crippen molar-refractivity contribution < 1.29 is 4.79 Å². The van der Waals surface area contributed by atoms with Gasteiger partial charge in [0, 0.05) is 12.6 Å². The fraction of sp³-hybridized carbons (Fsp3) is 0.222. The number of carbonyl (C=O) groups excluding carboxylic acids is 1. The Balaban J connectivity index is 1.57. The Kier molecular flexibility index (Phi) is 7.12. The van der Waals surface area contributed by atoms with Gasteiger partial charge in [0.25, 0.3) is 5.56 Å². The van der Waals surface area contributed by atoms with Crippen LogP contribution in [0.2, 0.25) is 0 Å². The van der Waals surface area contributed by atoms with Crippen LogP contribution >= 0.6 is 0 Å². The largest absolute Gasteiger partial charge is 0.383 e. The zero-order valence-corrected chi connectivity index (χ0v) is 19.8. The average Bonchev–Trinajstić information content (AvgIpc) is 2.87. The highest BCUT2D eigenvalue weighted by atomic mass is 16.2. The van der Waals surface area contributed by atoms with Gasteiger partial charge in [0.15, 0.2) is 5.69 Å². The van der Waals surface area contributed by atoms with Gasteiger partial charge in [0.05, 0.1) is 13.1 Å². The van der Waals surface area contributed by atoms with Gasteiger partial charge in [-0.05, 0) is 35.7 Å². The van der Waals surface area contributed by atoms with Crippen molar-refractivity contribution in [3.8, 4) is 0 Å². The molecule has 0 radical (unpaired) electrons. The molecule has 0 saturated heterocycles. The summed E-state index contributed by atoms with van der Waals surface area (Å²) >= 11 is 0. The van der Waals surface area contributed by atoms with Crippen molar-refractivity contribution in [1.82, 2.24) is 14.9 Å². The first-order valence-electron chi connectivity index (χ1n) is 11.6. The average molecular weight is 472 g/mol. The maximum Gasteiger partial charge on any atom is 0.330 e. The molecule has 35 heavy (non-hydrogen) atoms. The Labute approximate surface area is 203 Å². The molecule has 0 unspecified atom stereocenters. The molecule has 0 aliphatic heterocycles. The predicted molar refractivity (Wildman–Crippen MR) is 140 cm³/mol. The molecule has 0 spiro atoms. The second kappa shape index (κ2) is 10.4. The first-order chi connectivity index (χ1) is 16.9. The molecule has 1 amide bonds. The Bertz CT molecular complexity index is 1450. The second-order valence-electron chi connectivity index (χ2n) is 8.37. The smallest absolute Gasteiger partial charge is 0.330 e. The minimum atomic E-state index is -0.686. The number of H-pyrrole nitrogens is 1. The fourth-order valence-corrected chi connectivity index (χ4v) is 4.29. The van der Waals surface area contributed by atoms with Crippen LogP contribution in [0.4, 0.5) is 11.5 Å². The molecule has 1 aromatic heterocycles. The number of anilines is 2. The van der Waals surface area contributed by atoms with E-state index in [4.69, 9.17) is 5.73 Å². The molecule has 180 valence electrons. The number of nitrogens with one attached hydrogen (secondary N) is 2. The standard InChI is InChI=1S/C27H29N5O3/c1-3-31(23(33)16-29-18(2)21-15-9-13-20-12-7-8-14-22(20)21)24-25(28)32(27(35)30-26(24)34)17-19-10-5-4-6-11-19/h4-15,18,29H,3,16-17,28H2,1-2H3,(H,30,34,35)/t18-/m0/s1. The van der Waals surface area contributed by atoms with Crippen molar-refractivity contribution in [1.29, 1.82) is 0 Å². The first-order valence-corrected chi connectivity index (χ1v) is 11.6. The van der Waals surface area contributed by atoms with Gasteiger partial charge in [0.2, 0.25) is 5.91 Å². The number of amides is 1. The number of hydrogen-bond donors (Lipinski definition) is 3. The lowest BCUT2D eigenvalue weighted by Gasteiger charge is -2.24. The lowest BCUT2D eigenvalue weighted by Crippen LogP contribution is -2.44. The maximum atomic E-state index is 13.2. The van der Waals surface area contributed by atoms with E-state index in [0.717, 1.165) is 21.9 Å². The third kappa shape index (κ3) is 5.02. The molecular formula is C27H29N5O3. The molecule has 0 saturated carbocycles. The quantitative estimate of drug-likeness (QED) is 0.366. The molecule has 8 nitrogen and oxygen atoms in total. The predicted octanol–water partition coefficient (Wildman–Crippen LogP) is 3.02. The van der Waals surface area contributed by atoms with Crippen molar-refractivity contribution in [3.05, 3.63) is 105 Å². The number of fused-ring (bicyclic) bond motifs is 1. The highest BCUT2D eigenvalue weighted by molar-refractivity contribution is 5.97. The van der Waals surface area contributed by atoms with Gasteiger partial charge in [-0.3, -0.25) is 19.1 Å². The third-order valence-corrected chi connectivity index (χ3v) is 6.13. The Morgan fingerprint density at radius 1 is 1.03 bits per heavy atom. The number of nitrogens with two attached hydrogens (primary N) is 1. The number of rotatable bonds is 8. The molecule has 8 heteroatoms. The summed E-state index contributed by atoms with van der Waals surface area (Å²) in [5.41, 5.74) is 6.88. The number of aromatic amines is 1. The summed E-state index contributed by atoms with van der Waals surface area (Å²) < 4.78 is 1.27. The van der Waals surface area contributed by atoms with Crippen LogP contribution < -0.4 is 27.2 Å². The Hall–Kier alpha value is -4.17. The van der Waals surface area contributed by atoms with E-state index in [1.54, 1.807) is 6.92 Å². The number of hydrogen-bond acceptors (Lipinski definition) is 5. The molecule has 4 aromatic rings. The van der Waals surface area contributed by atoms with E-state index in [2.05, 4.69) is 28.5 Å². The van der Waals surface area contributed by atoms with E-state index < -0.39 is 11.2 Å². The van der Waals surface area contributed by atoms with E-state index >= 15 is 0 Å². The van der Waals surface area contributed by atoms with Crippen LogP contribution in [0.5, 0.6) is 0 Å². The molecule has 1 heterocycles. The van der Waals surface area contributed by atoms with Crippen LogP contribution in [0.3, 0.4) is 0 Å². The van der Waals surface area contributed by atoms with Gasteiger partial charge in [-0.15, -0.1) is 0 Å². The van der Waals surface area contributed by atoms with Crippen molar-refractivity contribution >= 4 is 28.2 Å². The van der Waals surface area contributed by atoms with Gasteiger partial charge in [-0.1, -0.05) is 72.8 Å². The van der Waals surface area contributed by atoms with Crippen molar-refractivity contribution in [2.45, 2.75) is 26.4 Å². The Morgan fingerprint density at radius 2 is 1.71 bits per heavy atom. The third-order valence-electron chi connectivity index (χ3n) is 6.13. The van der Waals surface area contributed by atoms with E-state index in [0.29, 0.717) is 0 Å². The first kappa shape index (κ1) is 24.0. The number of carbonyl (C=O) groups is 1. The Morgan fingerprint density at radius 3 is 2.46 bits per heavy atom. The molecule has 3 aromatic carbocycles. The number of aromatic nitrogens is 2. The number of likely N-dealkylation sites (N-methyl/N-ethyl adjacent to an activating group) is 1. The van der Waals surface area contributed by atoms with Crippen LogP contribution in [0.25, 0.3) is 10.8 Å². The SMILES string of the molecule is CCN(C(=O)CN[C@@H](C)c1cccc2ccccc12)c1c(N)n(Cc2ccccc2)c(=O)[nH]c1=O. The van der Waals surface area contributed by atoms with E-state index in [1.807, 2.05) is 61.5 Å². The van der Waals surface area contributed by atoms with Crippen LogP contribution in [0.1, 0.15) is 31.0 Å². The van der Waals surface area contributed by atoms with Gasteiger partial charge >= 0.3 is 5.69 Å². The summed E-state index contributed by atoms with van der Waals surface area (Å²) in [5, 5.41) is 5.51. The van der Waals surface area contributed by atoms with Gasteiger partial charge in [-0.2, -0.15) is 0 Å². The van der Waals surface area contributed by atoms with Gasteiger partial charge in [-0.25, -0.2) is 4.79 Å². The highest BCUT2D eigenvalue weighted by Gasteiger charge is 2.23. The lowest BCUT2D eigenvalue weighted by atomic mass is 10.00. The monoisotopic (exact) mass is 471 g/mol. The number of nitrogen functional groups attached to an aromatic ring is 1. The minimum absolute atomic E-state index is 0.00504. The summed E-state index contributed by atoms with van der Waals surface area (Å²) in [6, 6.07) is 23.4. The summed E-state index contributed by atoms with van der Waals surface area (Å²) in [6.45, 7) is 4.15. The molecule has 4 N–H and O–H groups in total. The molecule has 0 aliphatic carbocycles. The normalized spacial score (nSPS) is 11.9. The number of benzene rings is 3. The topological polar surface area (TPSA) is 113 Å². The molecule has 0 fully saturated rings. The van der Waals surface area contributed by atoms with Crippen LogP contribution in [0, 0.1) is 0 Å². The fourth-order valence-electron chi connectivity index (χ4n) is 4.29. The molecule has 4 rings (SSSR count). The van der Waals surface area contributed by atoms with E-state index in [1.165, 1.54) is 9.47 Å². The lowest BCUT2D eigenvalue weighted by molar-refractivity contribution is -0.117. The van der Waals surface area contributed by atoms with Gasteiger partial charge in [0.1, 0.15) is 5.82 Å². The molecular weight excluding hydrogens is 442 g/mol. The molecule has 1 atom stereocenters. The zero-order valence-electron chi connectivity index (χ0n) is 19.8. The summed E-state index contributed by atoms with van der Waals surface area (Å²) in [7, 11) is 0. The summed E-state index contributed by atoms with van der Waals surface area (Å²) in [4.78, 5) is 42.0. The van der Waals surface area contributed by atoms with Crippen LogP contribution in [-0.2, 0) is 11.3 Å². The molecule has 0 aliphatic rings. The van der Waals surface area contributed by atoms with Crippen LogP contribution in [-0.4, -0.2) is 28.5 Å². The number of nitrogens with zero attached hydrogens (tertiary/aromatic N) is 2. The molecule has 0 bridgehead atoms. The van der Waals surface area contributed by atoms with Crippen LogP contribution in [0.15, 0.2) is 82.4 Å². The van der Waals surface area contributed by atoms with Gasteiger partial charge < -0.3 is 16.0 Å². The van der Waals surface area contributed by atoms with Crippen molar-refractivity contribution in [2.24, 2.45) is 0 Å².